The molecule has 1 saturated heterocycles. The lowest BCUT2D eigenvalue weighted by Gasteiger charge is -2.27. The predicted octanol–water partition coefficient (Wildman–Crippen LogP) is -1.30. The maximum absolute atomic E-state index is 13.2. The summed E-state index contributed by atoms with van der Waals surface area (Å²) in [6.07, 6.45) is -2.10. The van der Waals surface area contributed by atoms with E-state index >= 15 is 0 Å². The second-order valence-corrected chi connectivity index (χ2v) is 7.24. The standard InChI is InChI=1S/C18H24N6O6/c1-3-18(2,29)10(5-4-6-19)24-15(28)11-14(22-17(24)20)23(8-21-11)16-13(27)12(26)9(7-25)30-16/h5,8-9,12-13,16,25-27,29H,3-4,7H2,1-2H3,(H2,20,22)/b10-5+/t9-,12-,13-,16-,18?/m1/s1. The molecule has 0 amide bonds. The average Bonchev–Trinajstić information content (AvgIpc) is 3.25. The SMILES string of the molecule is CCC(C)(O)/C(=C\CC#N)n1c(N)nc2c(ncn2[C@@H]2O[C@H](CO)[C@@H](O)[C@H]2O)c1=O. The maximum atomic E-state index is 13.2. The van der Waals surface area contributed by atoms with E-state index in [9.17, 15) is 25.2 Å². The third kappa shape index (κ3) is 3.47. The number of hydrogen-bond donors (Lipinski definition) is 5. The number of fused-ring (bicyclic) bond motifs is 1. The van der Waals surface area contributed by atoms with Crippen molar-refractivity contribution in [1.29, 1.82) is 5.26 Å². The molecule has 0 aliphatic carbocycles. The first-order chi connectivity index (χ1) is 14.2. The molecule has 1 unspecified atom stereocenters. The Bertz CT molecular complexity index is 1070. The molecule has 0 spiro atoms. The smallest absolute Gasteiger partial charge is 0.287 e. The Morgan fingerprint density at radius 3 is 2.73 bits per heavy atom. The van der Waals surface area contributed by atoms with Gasteiger partial charge in [-0.3, -0.25) is 9.36 Å². The van der Waals surface area contributed by atoms with Crippen molar-refractivity contribution in [3.63, 3.8) is 0 Å². The molecule has 0 bridgehead atoms. The van der Waals surface area contributed by atoms with Crippen LogP contribution in [0.2, 0.25) is 0 Å². The molecule has 6 N–H and O–H groups in total. The molecule has 12 heteroatoms. The highest BCUT2D eigenvalue weighted by Crippen LogP contribution is 2.32. The highest BCUT2D eigenvalue weighted by molar-refractivity contribution is 5.74. The number of nitriles is 1. The van der Waals surface area contributed by atoms with E-state index in [0.29, 0.717) is 0 Å². The predicted molar refractivity (Wildman–Crippen MR) is 105 cm³/mol. The molecule has 1 fully saturated rings. The molecule has 1 aliphatic rings. The highest BCUT2D eigenvalue weighted by Gasteiger charge is 2.44. The van der Waals surface area contributed by atoms with Gasteiger partial charge >= 0.3 is 0 Å². The van der Waals surface area contributed by atoms with Crippen molar-refractivity contribution in [2.45, 2.75) is 56.8 Å². The number of aliphatic hydroxyl groups is 4. The van der Waals surface area contributed by atoms with Gasteiger partial charge in [0.25, 0.3) is 5.56 Å². The number of nitrogens with zero attached hydrogens (tertiary/aromatic N) is 5. The fraction of sp³-hybridized carbons (Fsp3) is 0.556. The van der Waals surface area contributed by atoms with Gasteiger partial charge in [0.05, 0.1) is 31.1 Å². The van der Waals surface area contributed by atoms with Crippen LogP contribution >= 0.6 is 0 Å². The average molecular weight is 420 g/mol. The summed E-state index contributed by atoms with van der Waals surface area (Å²) in [7, 11) is 0. The van der Waals surface area contributed by atoms with Crippen LogP contribution in [0.5, 0.6) is 0 Å². The summed E-state index contributed by atoms with van der Waals surface area (Å²) in [5.74, 6) is -0.265. The molecule has 12 nitrogen and oxygen atoms in total. The zero-order valence-corrected chi connectivity index (χ0v) is 16.5. The van der Waals surface area contributed by atoms with Crippen LogP contribution in [0.15, 0.2) is 17.2 Å². The monoisotopic (exact) mass is 420 g/mol. The van der Waals surface area contributed by atoms with Crippen molar-refractivity contribution in [1.82, 2.24) is 19.1 Å². The Kier molecular flexibility index (Phi) is 5.93. The van der Waals surface area contributed by atoms with E-state index in [4.69, 9.17) is 15.7 Å². The molecule has 162 valence electrons. The van der Waals surface area contributed by atoms with Gasteiger partial charge in [-0.2, -0.15) is 10.2 Å². The summed E-state index contributed by atoms with van der Waals surface area (Å²) in [6.45, 7) is 2.69. The van der Waals surface area contributed by atoms with Crippen molar-refractivity contribution in [3.05, 3.63) is 22.8 Å². The first-order valence-electron chi connectivity index (χ1n) is 9.35. The molecule has 0 saturated carbocycles. The summed E-state index contributed by atoms with van der Waals surface area (Å²) < 4.78 is 7.71. The number of hydrogen-bond acceptors (Lipinski definition) is 10. The van der Waals surface area contributed by atoms with Gasteiger partial charge in [-0.1, -0.05) is 6.92 Å². The van der Waals surface area contributed by atoms with Gasteiger partial charge in [0.2, 0.25) is 5.95 Å². The molecule has 3 rings (SSSR count). The van der Waals surface area contributed by atoms with E-state index in [1.165, 1.54) is 23.9 Å². The second-order valence-electron chi connectivity index (χ2n) is 7.24. The van der Waals surface area contributed by atoms with Crippen LogP contribution in [-0.4, -0.2) is 70.0 Å². The number of nitrogen functional groups attached to an aromatic ring is 1. The lowest BCUT2D eigenvalue weighted by atomic mass is 9.97. The molecule has 3 heterocycles. The van der Waals surface area contributed by atoms with Crippen LogP contribution in [0.1, 0.15) is 32.9 Å². The summed E-state index contributed by atoms with van der Waals surface area (Å²) in [5, 5.41) is 49.2. The summed E-state index contributed by atoms with van der Waals surface area (Å²) >= 11 is 0. The van der Waals surface area contributed by atoms with Crippen molar-refractivity contribution in [2.75, 3.05) is 12.3 Å². The van der Waals surface area contributed by atoms with Crippen molar-refractivity contribution in [2.24, 2.45) is 0 Å². The van der Waals surface area contributed by atoms with Gasteiger partial charge in [0.1, 0.15) is 23.9 Å². The molecule has 0 aromatic carbocycles. The van der Waals surface area contributed by atoms with Gasteiger partial charge in [-0.05, 0) is 19.4 Å². The third-order valence-corrected chi connectivity index (χ3v) is 5.28. The lowest BCUT2D eigenvalue weighted by Crippen LogP contribution is -2.35. The highest BCUT2D eigenvalue weighted by atomic mass is 16.6. The number of nitrogens with two attached hydrogens (primary N) is 1. The number of anilines is 1. The molecule has 2 aromatic heterocycles. The molecule has 2 aromatic rings. The van der Waals surface area contributed by atoms with Crippen LogP contribution in [-0.2, 0) is 4.74 Å². The number of aliphatic hydroxyl groups excluding tert-OH is 3. The summed E-state index contributed by atoms with van der Waals surface area (Å²) in [5.41, 5.74) is 3.88. The van der Waals surface area contributed by atoms with E-state index in [0.717, 1.165) is 4.57 Å². The Morgan fingerprint density at radius 2 is 2.17 bits per heavy atom. The quantitative estimate of drug-likeness (QED) is 0.375. The second kappa shape index (κ2) is 8.13. The van der Waals surface area contributed by atoms with E-state index in [1.807, 2.05) is 6.07 Å². The Balaban J connectivity index is 2.17. The van der Waals surface area contributed by atoms with Crippen LogP contribution < -0.4 is 11.3 Å². The van der Waals surface area contributed by atoms with Crippen LogP contribution in [0, 0.1) is 11.3 Å². The first kappa shape index (κ1) is 21.9. The topological polar surface area (TPSA) is 193 Å². The minimum Gasteiger partial charge on any atom is -0.394 e. The molecular weight excluding hydrogens is 396 g/mol. The maximum Gasteiger partial charge on any atom is 0.287 e. The first-order valence-corrected chi connectivity index (χ1v) is 9.35. The zero-order chi connectivity index (χ0) is 22.2. The number of rotatable bonds is 6. The van der Waals surface area contributed by atoms with Crippen LogP contribution in [0.25, 0.3) is 16.9 Å². The van der Waals surface area contributed by atoms with E-state index in [-0.39, 0.29) is 35.7 Å². The van der Waals surface area contributed by atoms with Gasteiger partial charge in [0, 0.05) is 0 Å². The normalized spacial score (nSPS) is 26.6. The Labute approximate surface area is 171 Å². The molecular formula is C18H24N6O6. The van der Waals surface area contributed by atoms with Crippen molar-refractivity contribution in [3.8, 4) is 6.07 Å². The van der Waals surface area contributed by atoms with E-state index in [1.54, 1.807) is 6.92 Å². The minimum absolute atomic E-state index is 0.000589. The molecule has 5 atom stereocenters. The summed E-state index contributed by atoms with van der Waals surface area (Å²) in [4.78, 5) is 21.4. The Morgan fingerprint density at radius 1 is 1.47 bits per heavy atom. The van der Waals surface area contributed by atoms with Gasteiger partial charge < -0.3 is 30.9 Å². The minimum atomic E-state index is -1.46. The number of aromatic nitrogens is 4. The van der Waals surface area contributed by atoms with E-state index in [2.05, 4.69) is 9.97 Å². The fourth-order valence-electron chi connectivity index (χ4n) is 3.39. The van der Waals surface area contributed by atoms with Crippen molar-refractivity contribution < 1.29 is 25.2 Å². The zero-order valence-electron chi connectivity index (χ0n) is 16.5. The number of imidazole rings is 1. The number of ether oxygens (including phenoxy) is 1. The van der Waals surface area contributed by atoms with Gasteiger partial charge in [0.15, 0.2) is 17.4 Å². The van der Waals surface area contributed by atoms with Crippen molar-refractivity contribution >= 4 is 22.8 Å². The lowest BCUT2D eigenvalue weighted by molar-refractivity contribution is -0.0511. The summed E-state index contributed by atoms with van der Waals surface area (Å²) in [6, 6.07) is 1.93. The van der Waals surface area contributed by atoms with Gasteiger partial charge in [-0.25, -0.2) is 9.55 Å². The van der Waals surface area contributed by atoms with Gasteiger partial charge in [-0.15, -0.1) is 0 Å². The van der Waals surface area contributed by atoms with Crippen LogP contribution in [0.4, 0.5) is 5.95 Å². The Hall–Kier alpha value is -2.82. The number of allylic oxidation sites excluding steroid dienone is 1. The molecule has 30 heavy (non-hydrogen) atoms. The van der Waals surface area contributed by atoms with E-state index < -0.39 is 42.3 Å². The van der Waals surface area contributed by atoms with Crippen LogP contribution in [0.3, 0.4) is 0 Å². The largest absolute Gasteiger partial charge is 0.394 e. The molecule has 0 radical (unpaired) electrons. The molecule has 1 aliphatic heterocycles. The third-order valence-electron chi connectivity index (χ3n) is 5.28. The fourth-order valence-corrected chi connectivity index (χ4v) is 3.39.